The van der Waals surface area contributed by atoms with Crippen LogP contribution in [0.1, 0.15) is 24.5 Å². The lowest BCUT2D eigenvalue weighted by atomic mass is 10.0. The van der Waals surface area contributed by atoms with E-state index in [0.717, 1.165) is 18.6 Å². The summed E-state index contributed by atoms with van der Waals surface area (Å²) in [6.45, 7) is 1.93. The van der Waals surface area contributed by atoms with Gasteiger partial charge in [0.2, 0.25) is 0 Å². The molecule has 0 radical (unpaired) electrons. The Hall–Kier alpha value is -1.76. The van der Waals surface area contributed by atoms with Crippen molar-refractivity contribution in [2.45, 2.75) is 25.9 Å². The predicted octanol–water partition coefficient (Wildman–Crippen LogP) is 4.92. The molecule has 0 aliphatic carbocycles. The summed E-state index contributed by atoms with van der Waals surface area (Å²) >= 11 is 5.11. The van der Waals surface area contributed by atoms with Crippen LogP contribution < -0.4 is 0 Å². The van der Waals surface area contributed by atoms with E-state index in [1.54, 1.807) is 0 Å². The van der Waals surface area contributed by atoms with E-state index in [1.165, 1.54) is 12.4 Å². The lowest BCUT2D eigenvalue weighted by Gasteiger charge is -2.12. The Balaban J connectivity index is 2.63. The van der Waals surface area contributed by atoms with E-state index in [9.17, 15) is 17.6 Å². The Morgan fingerprint density at radius 2 is 2.00 bits per heavy atom. The summed E-state index contributed by atoms with van der Waals surface area (Å²) in [5.74, 6) is -1.30. The second kappa shape index (κ2) is 5.93. The molecule has 21 heavy (non-hydrogen) atoms. The molecular weight excluding hydrogens is 304 g/mol. The molecule has 1 aromatic heterocycles. The van der Waals surface area contributed by atoms with Crippen LogP contribution in [0.2, 0.25) is 0 Å². The van der Waals surface area contributed by atoms with E-state index in [2.05, 4.69) is 9.97 Å². The topological polar surface area (TPSA) is 28.7 Å². The van der Waals surface area contributed by atoms with Crippen molar-refractivity contribution in [3.8, 4) is 11.3 Å². The second-order valence-electron chi connectivity index (χ2n) is 4.50. The van der Waals surface area contributed by atoms with Crippen molar-refractivity contribution in [3.05, 3.63) is 46.1 Å². The molecule has 1 N–H and O–H groups in total. The predicted molar refractivity (Wildman–Crippen MR) is 73.8 cm³/mol. The molecule has 2 aromatic rings. The van der Waals surface area contributed by atoms with Gasteiger partial charge in [0.15, 0.2) is 0 Å². The largest absolute Gasteiger partial charge is 0.419 e. The van der Waals surface area contributed by atoms with Gasteiger partial charge in [0.05, 0.1) is 17.6 Å². The molecule has 0 bridgehead atoms. The molecular formula is C14H12F4N2S. The van der Waals surface area contributed by atoms with Crippen molar-refractivity contribution >= 4 is 12.2 Å². The number of H-pyrrole nitrogens is 1. The number of hydrogen-bond acceptors (Lipinski definition) is 2. The van der Waals surface area contributed by atoms with Gasteiger partial charge >= 0.3 is 6.18 Å². The summed E-state index contributed by atoms with van der Waals surface area (Å²) in [4.78, 5) is 6.75. The van der Waals surface area contributed by atoms with Gasteiger partial charge < -0.3 is 4.98 Å². The molecule has 0 amide bonds. The van der Waals surface area contributed by atoms with Crippen LogP contribution in [-0.4, -0.2) is 9.97 Å². The molecule has 112 valence electrons. The minimum Gasteiger partial charge on any atom is -0.346 e. The molecule has 7 heteroatoms. The molecule has 0 fully saturated rings. The Bertz CT molecular complexity index is 707. The number of nitrogens with zero attached hydrogens (tertiary/aromatic N) is 1. The zero-order chi connectivity index (χ0) is 15.6. The minimum atomic E-state index is -4.74. The van der Waals surface area contributed by atoms with Gasteiger partial charge in [-0.2, -0.15) is 13.2 Å². The first-order valence-electron chi connectivity index (χ1n) is 6.28. The number of alkyl halides is 3. The Labute approximate surface area is 123 Å². The molecule has 0 atom stereocenters. The van der Waals surface area contributed by atoms with Gasteiger partial charge in [-0.05, 0) is 30.2 Å². The van der Waals surface area contributed by atoms with Crippen LogP contribution in [0.5, 0.6) is 0 Å². The fourth-order valence-electron chi connectivity index (χ4n) is 2.06. The van der Waals surface area contributed by atoms with E-state index < -0.39 is 17.6 Å². The zero-order valence-corrected chi connectivity index (χ0v) is 11.9. The zero-order valence-electron chi connectivity index (χ0n) is 11.1. The van der Waals surface area contributed by atoms with Crippen LogP contribution >= 0.6 is 12.2 Å². The standard InChI is InChI=1S/C14H12F4N2S/c1-2-3-9-12(19-7-20-13(9)21)8-4-5-11(15)10(6-8)14(16,17)18/h4-7H,2-3H2,1H3,(H,19,20,21). The van der Waals surface area contributed by atoms with Crippen molar-refractivity contribution in [2.24, 2.45) is 0 Å². The Kier molecular flexibility index (Phi) is 4.41. The minimum absolute atomic E-state index is 0.237. The second-order valence-corrected chi connectivity index (χ2v) is 4.89. The highest BCUT2D eigenvalue weighted by atomic mass is 32.1. The van der Waals surface area contributed by atoms with Crippen molar-refractivity contribution in [3.63, 3.8) is 0 Å². The highest BCUT2D eigenvalue weighted by Gasteiger charge is 2.34. The Morgan fingerprint density at radius 1 is 1.29 bits per heavy atom. The third-order valence-electron chi connectivity index (χ3n) is 3.01. The van der Waals surface area contributed by atoms with Gasteiger partial charge in [0.1, 0.15) is 10.5 Å². The number of aromatic amines is 1. The van der Waals surface area contributed by atoms with Crippen molar-refractivity contribution in [2.75, 3.05) is 0 Å². The molecule has 0 saturated heterocycles. The van der Waals surface area contributed by atoms with Crippen molar-refractivity contribution in [1.29, 1.82) is 0 Å². The number of halogens is 4. The number of aromatic nitrogens is 2. The van der Waals surface area contributed by atoms with Gasteiger partial charge in [0, 0.05) is 5.56 Å². The first-order chi connectivity index (χ1) is 9.84. The summed E-state index contributed by atoms with van der Waals surface area (Å²) < 4.78 is 52.1. The number of benzene rings is 1. The van der Waals surface area contributed by atoms with E-state index in [1.807, 2.05) is 6.92 Å². The summed E-state index contributed by atoms with van der Waals surface area (Å²) in [6, 6.07) is 2.89. The normalized spacial score (nSPS) is 11.7. The molecule has 0 spiro atoms. The fraction of sp³-hybridized carbons (Fsp3) is 0.286. The van der Waals surface area contributed by atoms with Gasteiger partial charge in [-0.3, -0.25) is 0 Å². The van der Waals surface area contributed by atoms with E-state index in [-0.39, 0.29) is 5.56 Å². The van der Waals surface area contributed by atoms with Gasteiger partial charge in [0.25, 0.3) is 0 Å². The molecule has 0 saturated carbocycles. The van der Waals surface area contributed by atoms with Gasteiger partial charge in [-0.1, -0.05) is 25.6 Å². The monoisotopic (exact) mass is 316 g/mol. The third-order valence-corrected chi connectivity index (χ3v) is 3.36. The van der Waals surface area contributed by atoms with Crippen molar-refractivity contribution in [1.82, 2.24) is 9.97 Å². The van der Waals surface area contributed by atoms with Crippen LogP contribution in [0.15, 0.2) is 24.5 Å². The van der Waals surface area contributed by atoms with Gasteiger partial charge in [-0.15, -0.1) is 0 Å². The summed E-state index contributed by atoms with van der Waals surface area (Å²) in [5, 5.41) is 0. The quantitative estimate of drug-likeness (QED) is 0.643. The van der Waals surface area contributed by atoms with E-state index in [0.29, 0.717) is 22.3 Å². The fourth-order valence-corrected chi connectivity index (χ4v) is 2.32. The molecule has 0 aliphatic rings. The number of hydrogen-bond donors (Lipinski definition) is 1. The maximum atomic E-state index is 13.3. The van der Waals surface area contributed by atoms with E-state index >= 15 is 0 Å². The van der Waals surface area contributed by atoms with Crippen LogP contribution in [0, 0.1) is 10.5 Å². The van der Waals surface area contributed by atoms with Crippen LogP contribution in [-0.2, 0) is 12.6 Å². The number of rotatable bonds is 3. The lowest BCUT2D eigenvalue weighted by molar-refractivity contribution is -0.139. The first-order valence-corrected chi connectivity index (χ1v) is 6.69. The van der Waals surface area contributed by atoms with Crippen LogP contribution in [0.4, 0.5) is 17.6 Å². The Morgan fingerprint density at radius 3 is 2.62 bits per heavy atom. The van der Waals surface area contributed by atoms with Crippen molar-refractivity contribution < 1.29 is 17.6 Å². The highest BCUT2D eigenvalue weighted by Crippen LogP contribution is 2.34. The van der Waals surface area contributed by atoms with Gasteiger partial charge in [-0.25, -0.2) is 9.37 Å². The SMILES string of the molecule is CCCc1c(-c2ccc(F)c(C(F)(F)F)c2)[nH]cnc1=S. The summed E-state index contributed by atoms with van der Waals surface area (Å²) in [6.07, 6.45) is -2.07. The smallest absolute Gasteiger partial charge is 0.346 e. The molecule has 1 aromatic carbocycles. The molecule has 1 heterocycles. The third kappa shape index (κ3) is 3.29. The number of nitrogens with one attached hydrogen (secondary N) is 1. The van der Waals surface area contributed by atoms with Crippen LogP contribution in [0.25, 0.3) is 11.3 Å². The van der Waals surface area contributed by atoms with Crippen LogP contribution in [0.3, 0.4) is 0 Å². The first kappa shape index (κ1) is 15.6. The molecule has 0 aliphatic heterocycles. The summed E-state index contributed by atoms with van der Waals surface area (Å²) in [5.41, 5.74) is 0.0522. The molecule has 2 rings (SSSR count). The van der Waals surface area contributed by atoms with E-state index in [4.69, 9.17) is 12.2 Å². The lowest BCUT2D eigenvalue weighted by Crippen LogP contribution is -2.08. The maximum Gasteiger partial charge on any atom is 0.419 e. The molecule has 0 unspecified atom stereocenters. The average Bonchev–Trinajstić information content (AvgIpc) is 2.41. The maximum absolute atomic E-state index is 13.3. The molecule has 2 nitrogen and oxygen atoms in total. The highest BCUT2D eigenvalue weighted by molar-refractivity contribution is 7.71. The summed E-state index contributed by atoms with van der Waals surface area (Å²) in [7, 11) is 0. The average molecular weight is 316 g/mol.